The highest BCUT2D eigenvalue weighted by molar-refractivity contribution is 7.92. The number of sulfonamides is 1. The summed E-state index contributed by atoms with van der Waals surface area (Å²) in [4.78, 5) is 27.8. The van der Waals surface area contributed by atoms with Crippen LogP contribution >= 0.6 is 23.2 Å². The monoisotopic (exact) mass is 527 g/mol. The molecule has 0 unspecified atom stereocenters. The van der Waals surface area contributed by atoms with E-state index in [2.05, 4.69) is 5.32 Å². The van der Waals surface area contributed by atoms with E-state index >= 15 is 0 Å². The van der Waals surface area contributed by atoms with Gasteiger partial charge in [-0.2, -0.15) is 0 Å². The maximum Gasteiger partial charge on any atom is 0.244 e. The fourth-order valence-electron chi connectivity index (χ4n) is 3.22. The maximum atomic E-state index is 13.5. The first-order valence-electron chi connectivity index (χ1n) is 10.7. The van der Waals surface area contributed by atoms with Gasteiger partial charge in [0, 0.05) is 12.1 Å². The molecule has 0 saturated carbocycles. The van der Waals surface area contributed by atoms with Crippen LogP contribution in [0.15, 0.2) is 42.5 Å². The topological polar surface area (TPSA) is 86.8 Å². The summed E-state index contributed by atoms with van der Waals surface area (Å²) in [6.45, 7) is 8.58. The fourth-order valence-corrected chi connectivity index (χ4v) is 4.39. The normalized spacial score (nSPS) is 12.7. The van der Waals surface area contributed by atoms with E-state index in [1.807, 2.05) is 27.7 Å². The van der Waals surface area contributed by atoms with Gasteiger partial charge in [-0.25, -0.2) is 8.42 Å². The molecule has 0 aliphatic carbocycles. The second-order valence-corrected chi connectivity index (χ2v) is 12.0. The molecule has 7 nitrogen and oxygen atoms in total. The van der Waals surface area contributed by atoms with Gasteiger partial charge >= 0.3 is 0 Å². The minimum Gasteiger partial charge on any atom is -0.350 e. The molecule has 10 heteroatoms. The molecule has 0 bridgehead atoms. The zero-order valence-electron chi connectivity index (χ0n) is 20.2. The van der Waals surface area contributed by atoms with Crippen LogP contribution in [0.1, 0.15) is 38.8 Å². The first-order valence-corrected chi connectivity index (χ1v) is 13.3. The Morgan fingerprint density at radius 1 is 1.03 bits per heavy atom. The van der Waals surface area contributed by atoms with Crippen molar-refractivity contribution >= 4 is 50.7 Å². The van der Waals surface area contributed by atoms with E-state index in [-0.39, 0.29) is 12.5 Å². The summed E-state index contributed by atoms with van der Waals surface area (Å²) < 4.78 is 26.1. The number of amides is 2. The van der Waals surface area contributed by atoms with Crippen molar-refractivity contribution in [2.75, 3.05) is 17.1 Å². The number of nitrogens with one attached hydrogen (secondary N) is 1. The van der Waals surface area contributed by atoms with Gasteiger partial charge in [-0.1, -0.05) is 47.0 Å². The van der Waals surface area contributed by atoms with Crippen LogP contribution in [0.25, 0.3) is 0 Å². The minimum absolute atomic E-state index is 0.0416. The highest BCUT2D eigenvalue weighted by Crippen LogP contribution is 2.24. The van der Waals surface area contributed by atoms with Gasteiger partial charge in [-0.3, -0.25) is 13.9 Å². The summed E-state index contributed by atoms with van der Waals surface area (Å²) in [5.74, 6) is -0.893. The van der Waals surface area contributed by atoms with E-state index in [0.29, 0.717) is 21.3 Å². The third-order valence-corrected chi connectivity index (χ3v) is 6.88. The number of carbonyl (C=O) groups excluding carboxylic acids is 2. The third kappa shape index (κ3) is 7.89. The fraction of sp³-hybridized carbons (Fsp3) is 0.417. The quantitative estimate of drug-likeness (QED) is 0.551. The zero-order valence-corrected chi connectivity index (χ0v) is 22.6. The average molecular weight is 529 g/mol. The summed E-state index contributed by atoms with van der Waals surface area (Å²) >= 11 is 12.2. The molecule has 0 radical (unpaired) electrons. The van der Waals surface area contributed by atoms with Crippen molar-refractivity contribution in [3.8, 4) is 0 Å². The molecule has 0 spiro atoms. The molecule has 1 atom stereocenters. The molecule has 0 aromatic heterocycles. The van der Waals surface area contributed by atoms with Gasteiger partial charge in [-0.15, -0.1) is 0 Å². The Morgan fingerprint density at radius 3 is 2.12 bits per heavy atom. The SMILES string of the molecule is Cc1ccc(N(CC(=O)N(Cc2ccc(Cl)c(Cl)c2)[C@H](C)C(=O)NC(C)(C)C)S(C)(=O)=O)cc1. The summed E-state index contributed by atoms with van der Waals surface area (Å²) in [6, 6.07) is 10.9. The Morgan fingerprint density at radius 2 is 1.62 bits per heavy atom. The van der Waals surface area contributed by atoms with Gasteiger partial charge in [0.05, 0.1) is 22.0 Å². The number of halogens is 2. The van der Waals surface area contributed by atoms with Crippen LogP contribution in [-0.2, 0) is 26.2 Å². The molecule has 2 rings (SSSR count). The number of benzene rings is 2. The third-order valence-electron chi connectivity index (χ3n) is 5.00. The second-order valence-electron chi connectivity index (χ2n) is 9.29. The highest BCUT2D eigenvalue weighted by atomic mass is 35.5. The van der Waals surface area contributed by atoms with E-state index in [4.69, 9.17) is 23.2 Å². The van der Waals surface area contributed by atoms with Crippen LogP contribution in [0, 0.1) is 6.92 Å². The van der Waals surface area contributed by atoms with Crippen molar-refractivity contribution in [1.82, 2.24) is 10.2 Å². The van der Waals surface area contributed by atoms with Crippen molar-refractivity contribution in [1.29, 1.82) is 0 Å². The molecule has 0 aliphatic heterocycles. The molecule has 0 aliphatic rings. The van der Waals surface area contributed by atoms with Crippen LogP contribution in [-0.4, -0.2) is 49.5 Å². The number of carbonyl (C=O) groups is 2. The van der Waals surface area contributed by atoms with E-state index < -0.39 is 34.1 Å². The van der Waals surface area contributed by atoms with E-state index in [1.165, 1.54) is 4.90 Å². The predicted molar refractivity (Wildman–Crippen MR) is 138 cm³/mol. The molecule has 186 valence electrons. The van der Waals surface area contributed by atoms with Crippen molar-refractivity contribution in [3.05, 3.63) is 63.6 Å². The van der Waals surface area contributed by atoms with Gasteiger partial charge in [-0.05, 0) is 64.4 Å². The van der Waals surface area contributed by atoms with Crippen molar-refractivity contribution in [2.45, 2.75) is 52.7 Å². The Hall–Kier alpha value is -2.29. The van der Waals surface area contributed by atoms with Gasteiger partial charge in [0.25, 0.3) is 0 Å². The molecule has 0 fully saturated rings. The minimum atomic E-state index is -3.77. The Kier molecular flexibility index (Phi) is 9.02. The van der Waals surface area contributed by atoms with Crippen LogP contribution in [0.3, 0.4) is 0 Å². The van der Waals surface area contributed by atoms with Crippen molar-refractivity contribution in [3.63, 3.8) is 0 Å². The highest BCUT2D eigenvalue weighted by Gasteiger charge is 2.31. The molecule has 0 heterocycles. The summed E-state index contributed by atoms with van der Waals surface area (Å²) in [6.07, 6.45) is 1.04. The average Bonchev–Trinajstić information content (AvgIpc) is 2.71. The van der Waals surface area contributed by atoms with Crippen LogP contribution in [0.5, 0.6) is 0 Å². The molecule has 2 aromatic rings. The first kappa shape index (κ1) is 28.0. The predicted octanol–water partition coefficient (Wildman–Crippen LogP) is 4.40. The second kappa shape index (κ2) is 11.0. The lowest BCUT2D eigenvalue weighted by molar-refractivity contribution is -0.140. The number of hydrogen-bond donors (Lipinski definition) is 1. The lowest BCUT2D eigenvalue weighted by atomic mass is 10.1. The van der Waals surface area contributed by atoms with Gasteiger partial charge in [0.1, 0.15) is 12.6 Å². The number of nitrogens with zero attached hydrogens (tertiary/aromatic N) is 2. The number of rotatable bonds is 8. The van der Waals surface area contributed by atoms with E-state index in [0.717, 1.165) is 16.1 Å². The van der Waals surface area contributed by atoms with Gasteiger partial charge < -0.3 is 10.2 Å². The molecular weight excluding hydrogens is 497 g/mol. The standard InChI is InChI=1S/C24H31Cl2N3O4S/c1-16-7-10-19(11-8-16)29(34(6,32)33)15-22(30)28(17(2)23(31)27-24(3,4)5)14-18-9-12-20(25)21(26)13-18/h7-13,17H,14-15H2,1-6H3,(H,27,31)/t17-/m1/s1. The Balaban J connectivity index is 2.42. The molecule has 1 N–H and O–H groups in total. The molecule has 2 amide bonds. The molecule has 0 saturated heterocycles. The van der Waals surface area contributed by atoms with Crippen LogP contribution in [0.2, 0.25) is 10.0 Å². The lowest BCUT2D eigenvalue weighted by Crippen LogP contribution is -2.54. The number of anilines is 1. The summed E-state index contributed by atoms with van der Waals surface area (Å²) in [7, 11) is -3.77. The smallest absolute Gasteiger partial charge is 0.244 e. The Labute approximate surface area is 212 Å². The largest absolute Gasteiger partial charge is 0.350 e. The van der Waals surface area contributed by atoms with Gasteiger partial charge in [0.15, 0.2) is 0 Å². The first-order chi connectivity index (χ1) is 15.6. The zero-order chi connectivity index (χ0) is 25.8. The van der Waals surface area contributed by atoms with Crippen LogP contribution < -0.4 is 9.62 Å². The van der Waals surface area contributed by atoms with E-state index in [1.54, 1.807) is 49.4 Å². The molecule has 2 aromatic carbocycles. The molecular formula is C24H31Cl2N3O4S. The number of aryl methyl sites for hydroxylation is 1. The van der Waals surface area contributed by atoms with Crippen molar-refractivity contribution in [2.24, 2.45) is 0 Å². The lowest BCUT2D eigenvalue weighted by Gasteiger charge is -2.33. The number of hydrogen-bond acceptors (Lipinski definition) is 4. The van der Waals surface area contributed by atoms with Gasteiger partial charge in [0.2, 0.25) is 21.8 Å². The summed E-state index contributed by atoms with van der Waals surface area (Å²) in [5, 5.41) is 3.55. The van der Waals surface area contributed by atoms with E-state index in [9.17, 15) is 18.0 Å². The maximum absolute atomic E-state index is 13.5. The molecule has 34 heavy (non-hydrogen) atoms. The van der Waals surface area contributed by atoms with Crippen molar-refractivity contribution < 1.29 is 18.0 Å². The Bertz CT molecular complexity index is 1150. The van der Waals surface area contributed by atoms with Crippen LogP contribution in [0.4, 0.5) is 5.69 Å². The summed E-state index contributed by atoms with van der Waals surface area (Å²) in [5.41, 5.74) is 1.46.